The van der Waals surface area contributed by atoms with E-state index in [-0.39, 0.29) is 18.9 Å². The largest absolute Gasteiger partial charge is 0.480 e. The van der Waals surface area contributed by atoms with Crippen LogP contribution in [0.3, 0.4) is 0 Å². The van der Waals surface area contributed by atoms with Crippen LogP contribution in [0, 0.1) is 0 Å². The summed E-state index contributed by atoms with van der Waals surface area (Å²) in [6, 6.07) is 7.14. The molecular weight excluding hydrogens is 324 g/mol. The number of benzene rings is 1. The van der Waals surface area contributed by atoms with Crippen LogP contribution < -0.4 is 15.0 Å². The molecule has 2 amide bonds. The number of nitrogens with one attached hydrogen (secondary N) is 1. The Kier molecular flexibility index (Phi) is 5.66. The van der Waals surface area contributed by atoms with E-state index in [1.54, 1.807) is 25.1 Å². The third-order valence-electron chi connectivity index (χ3n) is 4.27. The topological polar surface area (TPSA) is 95.9 Å². The van der Waals surface area contributed by atoms with E-state index in [0.717, 1.165) is 0 Å². The molecule has 0 aliphatic carbocycles. The second-order valence-electron chi connectivity index (χ2n) is 6.40. The van der Waals surface area contributed by atoms with Crippen molar-refractivity contribution in [3.05, 3.63) is 24.3 Å². The van der Waals surface area contributed by atoms with Gasteiger partial charge in [-0.15, -0.1) is 0 Å². The first-order valence-corrected chi connectivity index (χ1v) is 8.40. The Labute approximate surface area is 147 Å². The van der Waals surface area contributed by atoms with Crippen molar-refractivity contribution in [1.82, 2.24) is 5.32 Å². The molecule has 0 aromatic heterocycles. The molecule has 0 saturated heterocycles. The van der Waals surface area contributed by atoms with Crippen LogP contribution in [0.1, 0.15) is 40.0 Å². The fourth-order valence-electron chi connectivity index (χ4n) is 2.90. The molecule has 0 saturated carbocycles. The third-order valence-corrected chi connectivity index (χ3v) is 4.27. The first kappa shape index (κ1) is 18.8. The van der Waals surface area contributed by atoms with Crippen molar-refractivity contribution in [2.75, 3.05) is 11.4 Å². The zero-order valence-electron chi connectivity index (χ0n) is 14.7. The molecule has 2 rings (SSSR count). The fourth-order valence-corrected chi connectivity index (χ4v) is 2.90. The van der Waals surface area contributed by atoms with Crippen LogP contribution in [0.25, 0.3) is 0 Å². The minimum atomic E-state index is -1.30. The summed E-state index contributed by atoms with van der Waals surface area (Å²) < 4.78 is 5.56. The van der Waals surface area contributed by atoms with Gasteiger partial charge in [0.1, 0.15) is 11.3 Å². The average Bonchev–Trinajstić information content (AvgIpc) is 2.55. The van der Waals surface area contributed by atoms with E-state index in [4.69, 9.17) is 4.74 Å². The normalized spacial score (nSPS) is 18.8. The van der Waals surface area contributed by atoms with Crippen molar-refractivity contribution in [3.8, 4) is 5.75 Å². The lowest BCUT2D eigenvalue weighted by Crippen LogP contribution is -2.53. The zero-order chi connectivity index (χ0) is 18.6. The van der Waals surface area contributed by atoms with E-state index in [2.05, 4.69) is 5.32 Å². The van der Waals surface area contributed by atoms with Gasteiger partial charge in [0.05, 0.1) is 5.69 Å². The Morgan fingerprint density at radius 3 is 2.68 bits per heavy atom. The van der Waals surface area contributed by atoms with Crippen LogP contribution in [0.15, 0.2) is 24.3 Å². The molecule has 2 N–H and O–H groups in total. The number of carboxylic acids is 1. The number of amides is 2. The van der Waals surface area contributed by atoms with Crippen LogP contribution >= 0.6 is 0 Å². The molecule has 1 aromatic rings. The average molecular weight is 348 g/mol. The molecule has 2 unspecified atom stereocenters. The summed E-state index contributed by atoms with van der Waals surface area (Å²) in [6.07, 6.45) is 0.363. The molecule has 1 aromatic carbocycles. The number of para-hydroxylation sites is 2. The Balaban J connectivity index is 2.06. The highest BCUT2D eigenvalue weighted by molar-refractivity contribution is 6.00. The molecule has 7 heteroatoms. The Bertz CT molecular complexity index is 675. The summed E-state index contributed by atoms with van der Waals surface area (Å²) in [5.41, 5.74) is -0.681. The van der Waals surface area contributed by atoms with Crippen LogP contribution in [0.5, 0.6) is 5.75 Å². The van der Waals surface area contributed by atoms with Gasteiger partial charge in [0.2, 0.25) is 5.91 Å². The third kappa shape index (κ3) is 4.10. The van der Waals surface area contributed by atoms with Crippen molar-refractivity contribution in [2.24, 2.45) is 0 Å². The van der Waals surface area contributed by atoms with Gasteiger partial charge in [0.25, 0.3) is 5.91 Å². The van der Waals surface area contributed by atoms with Crippen LogP contribution in [0.2, 0.25) is 0 Å². The Morgan fingerprint density at radius 1 is 1.36 bits per heavy atom. The maximum Gasteiger partial charge on any atom is 0.329 e. The minimum Gasteiger partial charge on any atom is -0.480 e. The smallest absolute Gasteiger partial charge is 0.329 e. The van der Waals surface area contributed by atoms with Crippen molar-refractivity contribution >= 4 is 23.5 Å². The molecule has 1 heterocycles. The molecule has 25 heavy (non-hydrogen) atoms. The predicted octanol–water partition coefficient (Wildman–Crippen LogP) is 1.95. The van der Waals surface area contributed by atoms with E-state index < -0.39 is 23.5 Å². The highest BCUT2D eigenvalue weighted by Gasteiger charge is 2.35. The zero-order valence-corrected chi connectivity index (χ0v) is 14.7. The maximum absolute atomic E-state index is 12.4. The standard InChI is InChI=1S/C18H24N2O5/c1-4-10-18(3,17(23)24)19-15(21)9-11-20-13-7-5-6-8-14(13)25-12(2)16(20)22/h5-8,12H,4,9-11H2,1-3H3,(H,19,21)(H,23,24). The van der Waals surface area contributed by atoms with Gasteiger partial charge < -0.3 is 20.1 Å². The summed E-state index contributed by atoms with van der Waals surface area (Å²) in [7, 11) is 0. The SMILES string of the molecule is CCCC(C)(NC(=O)CCN1C(=O)C(C)Oc2ccccc21)C(=O)O. The molecule has 136 valence electrons. The van der Waals surface area contributed by atoms with Crippen LogP contribution in [-0.4, -0.2) is 41.1 Å². The molecule has 2 atom stereocenters. The van der Waals surface area contributed by atoms with E-state index in [1.807, 2.05) is 13.0 Å². The number of anilines is 1. The van der Waals surface area contributed by atoms with Crippen molar-refractivity contribution in [2.45, 2.75) is 51.7 Å². The summed E-state index contributed by atoms with van der Waals surface area (Å²) >= 11 is 0. The van der Waals surface area contributed by atoms with Crippen molar-refractivity contribution < 1.29 is 24.2 Å². The fraction of sp³-hybridized carbons (Fsp3) is 0.500. The van der Waals surface area contributed by atoms with Gasteiger partial charge in [0, 0.05) is 13.0 Å². The number of nitrogens with zero attached hydrogens (tertiary/aromatic N) is 1. The minimum absolute atomic E-state index is 0.0133. The summed E-state index contributed by atoms with van der Waals surface area (Å²) in [6.45, 7) is 5.18. The van der Waals surface area contributed by atoms with Gasteiger partial charge in [-0.25, -0.2) is 4.79 Å². The van der Waals surface area contributed by atoms with Gasteiger partial charge in [-0.1, -0.05) is 25.5 Å². The molecule has 0 bridgehead atoms. The van der Waals surface area contributed by atoms with Crippen LogP contribution in [0.4, 0.5) is 5.69 Å². The number of hydrogen-bond donors (Lipinski definition) is 2. The van der Waals surface area contributed by atoms with Gasteiger partial charge in [-0.2, -0.15) is 0 Å². The lowest BCUT2D eigenvalue weighted by atomic mass is 9.96. The second kappa shape index (κ2) is 7.55. The van der Waals surface area contributed by atoms with Crippen molar-refractivity contribution in [3.63, 3.8) is 0 Å². The highest BCUT2D eigenvalue weighted by atomic mass is 16.5. The molecule has 0 fully saturated rings. The molecule has 0 radical (unpaired) electrons. The number of aliphatic carboxylic acids is 1. The lowest BCUT2D eigenvalue weighted by Gasteiger charge is -2.33. The van der Waals surface area contributed by atoms with E-state index >= 15 is 0 Å². The van der Waals surface area contributed by atoms with Gasteiger partial charge in [-0.3, -0.25) is 9.59 Å². The Morgan fingerprint density at radius 2 is 2.04 bits per heavy atom. The van der Waals surface area contributed by atoms with Gasteiger partial charge in [0.15, 0.2) is 6.10 Å². The Hall–Kier alpha value is -2.57. The predicted molar refractivity (Wildman–Crippen MR) is 92.6 cm³/mol. The first-order chi connectivity index (χ1) is 11.8. The number of carboxylic acid groups (broad SMARTS) is 1. The number of carbonyl (C=O) groups is 3. The quantitative estimate of drug-likeness (QED) is 0.785. The summed E-state index contributed by atoms with van der Waals surface area (Å²) in [5.74, 6) is -1.09. The van der Waals surface area contributed by atoms with E-state index in [0.29, 0.717) is 24.3 Å². The first-order valence-electron chi connectivity index (χ1n) is 8.40. The number of hydrogen-bond acceptors (Lipinski definition) is 4. The number of carbonyl (C=O) groups excluding carboxylic acids is 2. The number of ether oxygens (including phenoxy) is 1. The monoisotopic (exact) mass is 348 g/mol. The molecule has 0 spiro atoms. The molecular formula is C18H24N2O5. The lowest BCUT2D eigenvalue weighted by molar-refractivity contribution is -0.147. The summed E-state index contributed by atoms with van der Waals surface area (Å²) in [5, 5.41) is 11.9. The van der Waals surface area contributed by atoms with E-state index in [9.17, 15) is 19.5 Å². The summed E-state index contributed by atoms with van der Waals surface area (Å²) in [4.78, 5) is 37.5. The van der Waals surface area contributed by atoms with Gasteiger partial charge in [-0.05, 0) is 32.4 Å². The van der Waals surface area contributed by atoms with Gasteiger partial charge >= 0.3 is 5.97 Å². The molecule has 1 aliphatic heterocycles. The second-order valence-corrected chi connectivity index (χ2v) is 6.40. The maximum atomic E-state index is 12.4. The highest BCUT2D eigenvalue weighted by Crippen LogP contribution is 2.33. The van der Waals surface area contributed by atoms with E-state index in [1.165, 1.54) is 11.8 Å². The molecule has 1 aliphatic rings. The van der Waals surface area contributed by atoms with Crippen LogP contribution in [-0.2, 0) is 14.4 Å². The number of fused-ring (bicyclic) bond motifs is 1. The van der Waals surface area contributed by atoms with Crippen molar-refractivity contribution in [1.29, 1.82) is 0 Å². The number of rotatable bonds is 7. The molecule has 7 nitrogen and oxygen atoms in total.